The first kappa shape index (κ1) is 14.1. The number of ether oxygens (including phenoxy) is 1. The van der Waals surface area contributed by atoms with Gasteiger partial charge in [-0.3, -0.25) is 0 Å². The van der Waals surface area contributed by atoms with E-state index in [1.807, 2.05) is 6.92 Å². The van der Waals surface area contributed by atoms with Gasteiger partial charge in [0.2, 0.25) is 0 Å². The summed E-state index contributed by atoms with van der Waals surface area (Å²) in [5, 5.41) is 0. The summed E-state index contributed by atoms with van der Waals surface area (Å²) < 4.78 is 44.6. The monoisotopic (exact) mass is 280 g/mol. The molecule has 2 aromatic rings. The van der Waals surface area contributed by atoms with Gasteiger partial charge in [0.25, 0.3) is 0 Å². The summed E-state index contributed by atoms with van der Waals surface area (Å²) in [4.78, 5) is 11.8. The highest BCUT2D eigenvalue weighted by molar-refractivity contribution is 5.91. The molecule has 0 spiro atoms. The lowest BCUT2D eigenvalue weighted by atomic mass is 10.1. The van der Waals surface area contributed by atoms with Crippen molar-refractivity contribution in [3.05, 3.63) is 64.5 Å². The first-order chi connectivity index (χ1) is 9.38. The maximum atomic E-state index is 13.4. The molecule has 2 aromatic carbocycles. The molecule has 0 aliphatic rings. The molecule has 0 unspecified atom stereocenters. The molecule has 5 heteroatoms. The molecule has 0 aromatic heterocycles. The van der Waals surface area contributed by atoms with Crippen LogP contribution in [0.3, 0.4) is 0 Å². The van der Waals surface area contributed by atoms with E-state index < -0.39 is 29.0 Å². The van der Waals surface area contributed by atoms with Crippen LogP contribution in [0.5, 0.6) is 5.75 Å². The second-order valence-corrected chi connectivity index (χ2v) is 4.40. The van der Waals surface area contributed by atoms with Crippen molar-refractivity contribution in [2.24, 2.45) is 0 Å². The highest BCUT2D eigenvalue weighted by Crippen LogP contribution is 2.22. The van der Waals surface area contributed by atoms with E-state index in [1.54, 1.807) is 19.1 Å². The van der Waals surface area contributed by atoms with Gasteiger partial charge in [0.05, 0.1) is 0 Å². The maximum Gasteiger partial charge on any atom is 0.349 e. The molecule has 2 nitrogen and oxygen atoms in total. The number of carbonyl (C=O) groups is 1. The lowest BCUT2D eigenvalue weighted by Crippen LogP contribution is -2.14. The Hall–Kier alpha value is -2.30. The summed E-state index contributed by atoms with van der Waals surface area (Å²) in [6.07, 6.45) is 0. The van der Waals surface area contributed by atoms with Crippen molar-refractivity contribution in [2.75, 3.05) is 0 Å². The Bertz CT molecular complexity index is 658. The molecule has 0 radical (unpaired) electrons. The molecular weight excluding hydrogens is 269 g/mol. The Morgan fingerprint density at radius 2 is 1.60 bits per heavy atom. The minimum Gasteiger partial charge on any atom is -0.423 e. The zero-order valence-electron chi connectivity index (χ0n) is 10.8. The molecule has 0 fully saturated rings. The average molecular weight is 280 g/mol. The summed E-state index contributed by atoms with van der Waals surface area (Å²) in [6, 6.07) is 5.86. The first-order valence-electron chi connectivity index (χ1n) is 5.82. The zero-order valence-corrected chi connectivity index (χ0v) is 10.8. The van der Waals surface area contributed by atoms with Gasteiger partial charge in [-0.05, 0) is 25.5 Å². The minimum absolute atomic E-state index is 0.198. The van der Waals surface area contributed by atoms with E-state index in [-0.39, 0.29) is 5.75 Å². The van der Waals surface area contributed by atoms with Gasteiger partial charge >= 0.3 is 5.97 Å². The van der Waals surface area contributed by atoms with Crippen LogP contribution < -0.4 is 4.74 Å². The van der Waals surface area contributed by atoms with Gasteiger partial charge in [0.15, 0.2) is 0 Å². The van der Waals surface area contributed by atoms with E-state index in [2.05, 4.69) is 0 Å². The number of rotatable bonds is 2. The Kier molecular flexibility index (Phi) is 3.79. The summed E-state index contributed by atoms with van der Waals surface area (Å²) in [6.45, 7) is 3.56. The van der Waals surface area contributed by atoms with Gasteiger partial charge < -0.3 is 4.74 Å². The number of hydrogen-bond acceptors (Lipinski definition) is 2. The molecule has 104 valence electrons. The zero-order chi connectivity index (χ0) is 14.9. The van der Waals surface area contributed by atoms with Crippen LogP contribution in [0.25, 0.3) is 0 Å². The predicted octanol–water partition coefficient (Wildman–Crippen LogP) is 3.94. The SMILES string of the molecule is Cc1ccc(OC(=O)c2c(F)cc(F)cc2F)c(C)c1. The Morgan fingerprint density at radius 1 is 1.00 bits per heavy atom. The maximum absolute atomic E-state index is 13.4. The number of benzene rings is 2. The number of aryl methyl sites for hydroxylation is 2. The topological polar surface area (TPSA) is 26.3 Å². The fourth-order valence-electron chi connectivity index (χ4n) is 1.80. The summed E-state index contributed by atoms with van der Waals surface area (Å²) >= 11 is 0. The molecule has 0 bridgehead atoms. The average Bonchev–Trinajstić information content (AvgIpc) is 2.31. The van der Waals surface area contributed by atoms with Gasteiger partial charge in [-0.2, -0.15) is 0 Å². The van der Waals surface area contributed by atoms with Gasteiger partial charge in [0, 0.05) is 12.1 Å². The van der Waals surface area contributed by atoms with Crippen molar-refractivity contribution in [2.45, 2.75) is 13.8 Å². The lowest BCUT2D eigenvalue weighted by molar-refractivity contribution is 0.0723. The second-order valence-electron chi connectivity index (χ2n) is 4.40. The molecule has 0 aliphatic heterocycles. The normalized spacial score (nSPS) is 10.4. The number of halogens is 3. The van der Waals surface area contributed by atoms with Crippen molar-refractivity contribution in [3.63, 3.8) is 0 Å². The Labute approximate surface area is 113 Å². The summed E-state index contributed by atoms with van der Waals surface area (Å²) in [5.74, 6) is -4.69. The molecule has 0 saturated carbocycles. The van der Waals surface area contributed by atoms with Crippen molar-refractivity contribution >= 4 is 5.97 Å². The van der Waals surface area contributed by atoms with Crippen LogP contribution >= 0.6 is 0 Å². The molecular formula is C15H11F3O2. The molecule has 0 saturated heterocycles. The number of carbonyl (C=O) groups excluding carboxylic acids is 1. The molecule has 0 atom stereocenters. The van der Waals surface area contributed by atoms with Crippen molar-refractivity contribution in [1.82, 2.24) is 0 Å². The van der Waals surface area contributed by atoms with Gasteiger partial charge in [0.1, 0.15) is 28.8 Å². The van der Waals surface area contributed by atoms with Crippen LogP contribution in [-0.4, -0.2) is 5.97 Å². The van der Waals surface area contributed by atoms with E-state index in [9.17, 15) is 18.0 Å². The molecule has 20 heavy (non-hydrogen) atoms. The van der Waals surface area contributed by atoms with Crippen molar-refractivity contribution < 1.29 is 22.7 Å². The second kappa shape index (κ2) is 5.36. The molecule has 0 heterocycles. The van der Waals surface area contributed by atoms with E-state index in [4.69, 9.17) is 4.74 Å². The third-order valence-corrected chi connectivity index (χ3v) is 2.74. The third kappa shape index (κ3) is 2.82. The van der Waals surface area contributed by atoms with Crippen molar-refractivity contribution in [3.8, 4) is 5.75 Å². The summed E-state index contributed by atoms with van der Waals surface area (Å²) in [5.41, 5.74) is 0.703. The van der Waals surface area contributed by atoms with Crippen molar-refractivity contribution in [1.29, 1.82) is 0 Å². The Balaban J connectivity index is 2.33. The highest BCUT2D eigenvalue weighted by atomic mass is 19.1. The van der Waals surface area contributed by atoms with Gasteiger partial charge in [-0.15, -0.1) is 0 Å². The largest absolute Gasteiger partial charge is 0.423 e. The fraction of sp³-hybridized carbons (Fsp3) is 0.133. The number of esters is 1. The molecule has 2 rings (SSSR count). The lowest BCUT2D eigenvalue weighted by Gasteiger charge is -2.09. The molecule has 0 aliphatic carbocycles. The van der Waals surface area contributed by atoms with Crippen LogP contribution in [0.1, 0.15) is 21.5 Å². The minimum atomic E-state index is -1.29. The van der Waals surface area contributed by atoms with Crippen LogP contribution in [-0.2, 0) is 0 Å². The highest BCUT2D eigenvalue weighted by Gasteiger charge is 2.21. The smallest absolute Gasteiger partial charge is 0.349 e. The van der Waals surface area contributed by atoms with Crippen LogP contribution in [0.4, 0.5) is 13.2 Å². The van der Waals surface area contributed by atoms with Crippen LogP contribution in [0.15, 0.2) is 30.3 Å². The molecule has 0 N–H and O–H groups in total. The van der Waals surface area contributed by atoms with Gasteiger partial charge in [-0.25, -0.2) is 18.0 Å². The van der Waals surface area contributed by atoms with E-state index >= 15 is 0 Å². The predicted molar refractivity (Wildman–Crippen MR) is 67.2 cm³/mol. The summed E-state index contributed by atoms with van der Waals surface area (Å²) in [7, 11) is 0. The van der Waals surface area contributed by atoms with E-state index in [0.717, 1.165) is 5.56 Å². The van der Waals surface area contributed by atoms with Gasteiger partial charge in [-0.1, -0.05) is 17.7 Å². The fourth-order valence-corrected chi connectivity index (χ4v) is 1.80. The van der Waals surface area contributed by atoms with Crippen LogP contribution in [0, 0.1) is 31.3 Å². The van der Waals surface area contributed by atoms with E-state index in [1.165, 1.54) is 6.07 Å². The van der Waals surface area contributed by atoms with E-state index in [0.29, 0.717) is 17.7 Å². The Morgan fingerprint density at radius 3 is 2.15 bits per heavy atom. The number of hydrogen-bond donors (Lipinski definition) is 0. The third-order valence-electron chi connectivity index (χ3n) is 2.74. The quantitative estimate of drug-likeness (QED) is 0.615. The first-order valence-corrected chi connectivity index (χ1v) is 5.82. The molecule has 0 amide bonds. The van der Waals surface area contributed by atoms with Crippen LogP contribution in [0.2, 0.25) is 0 Å². The standard InChI is InChI=1S/C15H11F3O2/c1-8-3-4-13(9(2)5-8)20-15(19)14-11(17)6-10(16)7-12(14)18/h3-7H,1-2H3.